The molecule has 51 heavy (non-hydrogen) atoms. The first kappa shape index (κ1) is 40.8. The maximum atomic E-state index is 13.6. The summed E-state index contributed by atoms with van der Waals surface area (Å²) in [6, 6.07) is 11.3. The molecule has 0 aliphatic carbocycles. The van der Waals surface area contributed by atoms with Gasteiger partial charge < -0.3 is 62.0 Å². The van der Waals surface area contributed by atoms with Crippen molar-refractivity contribution in [2.24, 2.45) is 11.7 Å². The van der Waals surface area contributed by atoms with E-state index < -0.39 is 98.1 Å². The lowest BCUT2D eigenvalue weighted by Crippen LogP contribution is -2.60. The van der Waals surface area contributed by atoms with Gasteiger partial charge in [-0.05, 0) is 42.0 Å². The number of aromatic hydroxyl groups is 1. The van der Waals surface area contributed by atoms with Crippen molar-refractivity contribution in [2.45, 2.75) is 81.9 Å². The molecule has 0 saturated carbocycles. The summed E-state index contributed by atoms with van der Waals surface area (Å²) in [5.41, 5.74) is 7.28. The second kappa shape index (κ2) is 19.7. The molecule has 2 aromatic rings. The van der Waals surface area contributed by atoms with Gasteiger partial charge in [-0.15, -0.1) is 0 Å². The summed E-state index contributed by atoms with van der Waals surface area (Å²) in [4.78, 5) is 64.5. The fourth-order valence-corrected chi connectivity index (χ4v) is 5.14. The third-order valence-corrected chi connectivity index (χ3v) is 7.92. The SMILES string of the molecule is CC(C)C[C@H](NC(=O)[C@H](Cc1ccccc1)NC(=O)CNC(=O)CNC(=O)[C@@H](N)Cc1ccc(O)cc1)C(=O)O[C@@H]1O[C@H](CO)[C@@H](O)[C@H](O)[C@H]1O. The summed E-state index contributed by atoms with van der Waals surface area (Å²) in [5.74, 6) is -3.96. The van der Waals surface area contributed by atoms with Gasteiger partial charge in [0.1, 0.15) is 42.2 Å². The average Bonchev–Trinajstić information content (AvgIpc) is 3.10. The molecule has 0 unspecified atom stereocenters. The minimum absolute atomic E-state index is 0.00249. The van der Waals surface area contributed by atoms with E-state index in [1.165, 1.54) is 12.1 Å². The second-order valence-corrected chi connectivity index (χ2v) is 12.6. The lowest BCUT2D eigenvalue weighted by Gasteiger charge is -2.39. The van der Waals surface area contributed by atoms with E-state index in [1.807, 2.05) is 0 Å². The topological polar surface area (TPSA) is 279 Å². The van der Waals surface area contributed by atoms with Crippen LogP contribution in [0.4, 0.5) is 0 Å². The van der Waals surface area contributed by atoms with Crippen molar-refractivity contribution in [1.82, 2.24) is 21.3 Å². The van der Waals surface area contributed by atoms with Crippen LogP contribution in [0, 0.1) is 5.92 Å². The van der Waals surface area contributed by atoms with Gasteiger partial charge in [0.2, 0.25) is 29.9 Å². The fourth-order valence-electron chi connectivity index (χ4n) is 5.14. The molecule has 17 heteroatoms. The highest BCUT2D eigenvalue weighted by Crippen LogP contribution is 2.23. The lowest BCUT2D eigenvalue weighted by atomic mass is 9.99. The monoisotopic (exact) mass is 717 g/mol. The Balaban J connectivity index is 1.60. The number of benzene rings is 2. The molecule has 1 fully saturated rings. The van der Waals surface area contributed by atoms with Gasteiger partial charge in [-0.25, -0.2) is 4.79 Å². The van der Waals surface area contributed by atoms with Crippen molar-refractivity contribution < 1.29 is 59.0 Å². The molecule has 8 atom stereocenters. The van der Waals surface area contributed by atoms with Gasteiger partial charge in [0, 0.05) is 6.42 Å². The van der Waals surface area contributed by atoms with E-state index in [0.717, 1.165) is 0 Å². The van der Waals surface area contributed by atoms with Crippen LogP contribution < -0.4 is 27.0 Å². The lowest BCUT2D eigenvalue weighted by molar-refractivity contribution is -0.293. The molecule has 280 valence electrons. The molecule has 0 aromatic heterocycles. The van der Waals surface area contributed by atoms with Gasteiger partial charge >= 0.3 is 5.97 Å². The van der Waals surface area contributed by atoms with Crippen molar-refractivity contribution in [3.8, 4) is 5.75 Å². The minimum atomic E-state index is -1.85. The number of rotatable bonds is 17. The number of hydrogen-bond donors (Lipinski definition) is 10. The summed E-state index contributed by atoms with van der Waals surface area (Å²) in [7, 11) is 0. The van der Waals surface area contributed by atoms with E-state index in [9.17, 15) is 49.5 Å². The number of ether oxygens (including phenoxy) is 2. The van der Waals surface area contributed by atoms with Gasteiger partial charge in [-0.2, -0.15) is 0 Å². The first-order chi connectivity index (χ1) is 24.2. The zero-order chi connectivity index (χ0) is 37.7. The number of phenols is 1. The summed E-state index contributed by atoms with van der Waals surface area (Å²) in [5, 5.41) is 59.1. The molecular formula is C34H47N5O12. The van der Waals surface area contributed by atoms with E-state index in [4.69, 9.17) is 15.2 Å². The predicted molar refractivity (Wildman–Crippen MR) is 179 cm³/mol. The number of carbonyl (C=O) groups excluding carboxylic acids is 5. The standard InChI is InChI=1S/C34H47N5O12/c1-18(2)12-24(33(49)51-34-30(46)29(45)28(44)25(17-40)50-34)39-32(48)23(14-19-6-4-3-5-7-19)38-27(43)16-36-26(42)15-37-31(47)22(35)13-20-8-10-21(41)11-9-20/h3-11,18,22-25,28-30,34,40-41,44-46H,12-17,35H2,1-2H3,(H,36,42)(H,37,47)(H,38,43)(H,39,48)/t22-,23-,24-,25+,28+,29-,30+,34-/m0/s1. The van der Waals surface area contributed by atoms with E-state index >= 15 is 0 Å². The number of esters is 1. The third kappa shape index (κ3) is 12.9. The molecular weight excluding hydrogens is 670 g/mol. The first-order valence-electron chi connectivity index (χ1n) is 16.4. The Morgan fingerprint density at radius 1 is 0.784 bits per heavy atom. The Morgan fingerprint density at radius 3 is 2.04 bits per heavy atom. The quantitative estimate of drug-likeness (QED) is 0.0736. The molecule has 1 heterocycles. The molecule has 4 amide bonds. The molecule has 1 saturated heterocycles. The largest absolute Gasteiger partial charge is 0.508 e. The maximum Gasteiger partial charge on any atom is 0.331 e. The Morgan fingerprint density at radius 2 is 1.41 bits per heavy atom. The number of nitrogens with one attached hydrogen (secondary N) is 4. The number of hydrogen-bond acceptors (Lipinski definition) is 13. The van der Waals surface area contributed by atoms with Crippen LogP contribution >= 0.6 is 0 Å². The van der Waals surface area contributed by atoms with Crippen LogP contribution in [0.2, 0.25) is 0 Å². The maximum absolute atomic E-state index is 13.6. The van der Waals surface area contributed by atoms with Crippen molar-refractivity contribution in [3.63, 3.8) is 0 Å². The third-order valence-electron chi connectivity index (χ3n) is 7.92. The normalized spacial score (nSPS) is 21.8. The number of nitrogens with two attached hydrogens (primary N) is 1. The Kier molecular flexibility index (Phi) is 15.7. The Bertz CT molecular complexity index is 1460. The minimum Gasteiger partial charge on any atom is -0.508 e. The van der Waals surface area contributed by atoms with Crippen LogP contribution in [0.15, 0.2) is 54.6 Å². The summed E-state index contributed by atoms with van der Waals surface area (Å²) >= 11 is 0. The van der Waals surface area contributed by atoms with Crippen molar-refractivity contribution in [2.75, 3.05) is 19.7 Å². The van der Waals surface area contributed by atoms with E-state index in [2.05, 4.69) is 21.3 Å². The van der Waals surface area contributed by atoms with Crippen molar-refractivity contribution in [3.05, 3.63) is 65.7 Å². The predicted octanol–water partition coefficient (Wildman–Crippen LogP) is -2.90. The molecule has 17 nitrogen and oxygen atoms in total. The van der Waals surface area contributed by atoms with Crippen LogP contribution in [0.1, 0.15) is 31.4 Å². The van der Waals surface area contributed by atoms with Crippen LogP contribution in [-0.2, 0) is 46.3 Å². The summed E-state index contributed by atoms with van der Waals surface area (Å²) in [6.07, 6.45) is -8.17. The Labute approximate surface area is 294 Å². The fraction of sp³-hybridized carbons (Fsp3) is 0.500. The molecule has 0 spiro atoms. The average molecular weight is 718 g/mol. The Hall–Kier alpha value is -4.65. The first-order valence-corrected chi connectivity index (χ1v) is 16.4. The highest BCUT2D eigenvalue weighted by atomic mass is 16.7. The van der Waals surface area contributed by atoms with Gasteiger partial charge in [0.25, 0.3) is 0 Å². The van der Waals surface area contributed by atoms with E-state index in [0.29, 0.717) is 11.1 Å². The van der Waals surface area contributed by atoms with E-state index in [1.54, 1.807) is 56.3 Å². The van der Waals surface area contributed by atoms with Gasteiger partial charge in [-0.1, -0.05) is 56.3 Å². The number of aliphatic hydroxyl groups excluding tert-OH is 4. The number of carbonyl (C=O) groups is 5. The zero-order valence-corrected chi connectivity index (χ0v) is 28.3. The van der Waals surface area contributed by atoms with Crippen molar-refractivity contribution >= 4 is 29.6 Å². The summed E-state index contributed by atoms with van der Waals surface area (Å²) in [6.45, 7) is 1.78. The molecule has 0 radical (unpaired) electrons. The van der Waals surface area contributed by atoms with Gasteiger partial charge in [-0.3, -0.25) is 19.2 Å². The molecule has 11 N–H and O–H groups in total. The molecule has 0 bridgehead atoms. The van der Waals surface area contributed by atoms with Gasteiger partial charge in [0.15, 0.2) is 0 Å². The molecule has 2 aromatic carbocycles. The van der Waals surface area contributed by atoms with Crippen LogP contribution in [0.5, 0.6) is 5.75 Å². The van der Waals surface area contributed by atoms with E-state index in [-0.39, 0.29) is 30.9 Å². The molecule has 1 aliphatic heterocycles. The second-order valence-electron chi connectivity index (χ2n) is 12.6. The zero-order valence-electron chi connectivity index (χ0n) is 28.3. The van der Waals surface area contributed by atoms with Crippen molar-refractivity contribution in [1.29, 1.82) is 0 Å². The molecule has 1 aliphatic rings. The number of aliphatic hydroxyl groups is 4. The van der Waals surface area contributed by atoms with Crippen LogP contribution in [0.25, 0.3) is 0 Å². The van der Waals surface area contributed by atoms with Crippen LogP contribution in [-0.4, -0.2) is 124 Å². The number of phenolic OH excluding ortho intramolecular Hbond substituents is 1. The van der Waals surface area contributed by atoms with Gasteiger partial charge in [0.05, 0.1) is 25.7 Å². The van der Waals surface area contributed by atoms with Crippen LogP contribution in [0.3, 0.4) is 0 Å². The molecule has 3 rings (SSSR count). The smallest absolute Gasteiger partial charge is 0.331 e. The highest BCUT2D eigenvalue weighted by molar-refractivity contribution is 5.93. The number of amides is 4. The highest BCUT2D eigenvalue weighted by Gasteiger charge is 2.46. The summed E-state index contributed by atoms with van der Waals surface area (Å²) < 4.78 is 10.5.